The van der Waals surface area contributed by atoms with Gasteiger partial charge in [0.15, 0.2) is 0 Å². The van der Waals surface area contributed by atoms with Crippen LogP contribution in [0.25, 0.3) is 11.1 Å². The van der Waals surface area contributed by atoms with E-state index in [1.54, 1.807) is 43.6 Å². The second-order valence-electron chi connectivity index (χ2n) is 8.69. The molecule has 2 atom stereocenters. The highest BCUT2D eigenvalue weighted by Crippen LogP contribution is 2.31. The number of pyridine rings is 1. The maximum Gasteiger partial charge on any atom is 0.295 e. The Labute approximate surface area is 217 Å². The number of carbonyl (C=O) groups excluding carboxylic acids is 3. The Morgan fingerprint density at radius 2 is 1.38 bits per heavy atom. The molecule has 0 aliphatic rings. The van der Waals surface area contributed by atoms with Crippen LogP contribution in [0.1, 0.15) is 43.5 Å². The minimum absolute atomic E-state index is 0.0270. The van der Waals surface area contributed by atoms with Crippen LogP contribution >= 0.6 is 0 Å². The summed E-state index contributed by atoms with van der Waals surface area (Å²) in [5, 5.41) is 3.02. The highest BCUT2D eigenvalue weighted by atomic mass is 16.2. The minimum atomic E-state index is -1.09. The van der Waals surface area contributed by atoms with Crippen molar-refractivity contribution in [3.63, 3.8) is 0 Å². The Morgan fingerprint density at radius 3 is 1.97 bits per heavy atom. The van der Waals surface area contributed by atoms with Gasteiger partial charge in [0.1, 0.15) is 6.04 Å². The maximum absolute atomic E-state index is 13.8. The first-order valence-electron chi connectivity index (χ1n) is 12.3. The number of nitrogens with zero attached hydrogens (tertiary/aromatic N) is 2. The fraction of sp³-hybridized carbons (Fsp3) is 0.161. The SMILES string of the molecule is CCC(=O)C(=O)N(c1ccc(-c2ccccc2)cc1)C(C(=O)N[C@@H](C)c1ccccc1)c1cccnc1. The van der Waals surface area contributed by atoms with Crippen molar-refractivity contribution in [2.45, 2.75) is 32.4 Å². The number of carbonyl (C=O) groups is 3. The monoisotopic (exact) mass is 491 g/mol. The first-order chi connectivity index (χ1) is 18.0. The predicted molar refractivity (Wildman–Crippen MR) is 145 cm³/mol. The first kappa shape index (κ1) is 25.5. The van der Waals surface area contributed by atoms with Gasteiger partial charge in [-0.25, -0.2) is 0 Å². The molecule has 186 valence electrons. The molecule has 0 saturated carbocycles. The van der Waals surface area contributed by atoms with Gasteiger partial charge in [-0.1, -0.05) is 85.8 Å². The van der Waals surface area contributed by atoms with Crippen LogP contribution in [0, 0.1) is 0 Å². The van der Waals surface area contributed by atoms with E-state index < -0.39 is 23.6 Å². The summed E-state index contributed by atoms with van der Waals surface area (Å²) in [6, 6.07) is 28.7. The number of nitrogens with one attached hydrogen (secondary N) is 1. The topological polar surface area (TPSA) is 79.4 Å². The standard InChI is InChI=1S/C31H29N3O3/c1-3-28(35)31(37)34(27-18-16-25(17-19-27)24-13-8-5-9-14-24)29(26-15-10-20-32-21-26)30(36)33-22(2)23-11-6-4-7-12-23/h4-22,29H,3H2,1-2H3,(H,33,36)/t22-,29?/m0/s1. The number of hydrogen-bond donors (Lipinski definition) is 1. The summed E-state index contributed by atoms with van der Waals surface area (Å²) in [6.07, 6.45) is 3.18. The van der Waals surface area contributed by atoms with E-state index in [-0.39, 0.29) is 12.5 Å². The van der Waals surface area contributed by atoms with Gasteiger partial charge < -0.3 is 5.32 Å². The predicted octanol–water partition coefficient (Wildman–Crippen LogP) is 5.68. The van der Waals surface area contributed by atoms with Gasteiger partial charge in [-0.05, 0) is 41.8 Å². The number of hydrogen-bond acceptors (Lipinski definition) is 4. The van der Waals surface area contributed by atoms with Gasteiger partial charge in [-0.2, -0.15) is 0 Å². The van der Waals surface area contributed by atoms with Crippen LogP contribution in [0.4, 0.5) is 5.69 Å². The van der Waals surface area contributed by atoms with Crippen LogP contribution in [0.3, 0.4) is 0 Å². The van der Waals surface area contributed by atoms with Crippen LogP contribution in [-0.2, 0) is 14.4 Å². The zero-order valence-corrected chi connectivity index (χ0v) is 20.9. The Hall–Kier alpha value is -4.58. The summed E-state index contributed by atoms with van der Waals surface area (Å²) < 4.78 is 0. The molecular formula is C31H29N3O3. The smallest absolute Gasteiger partial charge is 0.295 e. The van der Waals surface area contributed by atoms with Crippen molar-refractivity contribution in [1.29, 1.82) is 0 Å². The van der Waals surface area contributed by atoms with Gasteiger partial charge in [0, 0.05) is 30.1 Å². The highest BCUT2D eigenvalue weighted by Gasteiger charge is 2.36. The summed E-state index contributed by atoms with van der Waals surface area (Å²) in [7, 11) is 0. The minimum Gasteiger partial charge on any atom is -0.347 e. The molecule has 0 fully saturated rings. The Morgan fingerprint density at radius 1 is 0.784 bits per heavy atom. The van der Waals surface area contributed by atoms with E-state index in [4.69, 9.17) is 0 Å². The number of anilines is 1. The van der Waals surface area contributed by atoms with E-state index in [1.165, 1.54) is 4.90 Å². The zero-order chi connectivity index (χ0) is 26.2. The largest absolute Gasteiger partial charge is 0.347 e. The molecule has 4 rings (SSSR count). The van der Waals surface area contributed by atoms with Crippen molar-refractivity contribution < 1.29 is 14.4 Å². The van der Waals surface area contributed by atoms with E-state index in [0.29, 0.717) is 11.3 Å². The maximum atomic E-state index is 13.8. The van der Waals surface area contributed by atoms with E-state index in [0.717, 1.165) is 16.7 Å². The quantitative estimate of drug-likeness (QED) is 0.306. The molecule has 0 aliphatic carbocycles. The number of aromatic nitrogens is 1. The average Bonchev–Trinajstić information content (AvgIpc) is 2.96. The van der Waals surface area contributed by atoms with E-state index in [9.17, 15) is 14.4 Å². The van der Waals surface area contributed by atoms with Crippen LogP contribution in [0.5, 0.6) is 0 Å². The first-order valence-corrected chi connectivity index (χ1v) is 12.3. The molecular weight excluding hydrogens is 462 g/mol. The highest BCUT2D eigenvalue weighted by molar-refractivity contribution is 6.42. The van der Waals surface area contributed by atoms with E-state index >= 15 is 0 Å². The second-order valence-corrected chi connectivity index (χ2v) is 8.69. The Kier molecular flexibility index (Phi) is 8.21. The molecule has 0 bridgehead atoms. The molecule has 0 radical (unpaired) electrons. The van der Waals surface area contributed by atoms with Gasteiger partial charge in [0.25, 0.3) is 5.91 Å². The molecule has 37 heavy (non-hydrogen) atoms. The number of amides is 2. The Balaban J connectivity index is 1.76. The van der Waals surface area contributed by atoms with Crippen LogP contribution in [0.15, 0.2) is 109 Å². The van der Waals surface area contributed by atoms with Gasteiger partial charge in [0.2, 0.25) is 11.7 Å². The molecule has 3 aromatic carbocycles. The van der Waals surface area contributed by atoms with Gasteiger partial charge in [-0.3, -0.25) is 24.3 Å². The lowest BCUT2D eigenvalue weighted by atomic mass is 10.0. The summed E-state index contributed by atoms with van der Waals surface area (Å²) in [4.78, 5) is 45.4. The summed E-state index contributed by atoms with van der Waals surface area (Å²) in [6.45, 7) is 3.51. The van der Waals surface area contributed by atoms with Crippen molar-refractivity contribution in [2.75, 3.05) is 4.90 Å². The third-order valence-electron chi connectivity index (χ3n) is 6.20. The molecule has 6 nitrogen and oxygen atoms in total. The molecule has 6 heteroatoms. The lowest BCUT2D eigenvalue weighted by molar-refractivity contribution is -0.137. The average molecular weight is 492 g/mol. The Bertz CT molecular complexity index is 1340. The van der Waals surface area contributed by atoms with Gasteiger partial charge >= 0.3 is 0 Å². The summed E-state index contributed by atoms with van der Waals surface area (Å²) in [5.74, 6) is -1.73. The molecule has 1 heterocycles. The molecule has 2 amide bonds. The lowest BCUT2D eigenvalue weighted by Gasteiger charge is -2.32. The van der Waals surface area contributed by atoms with Crippen LogP contribution in [-0.4, -0.2) is 22.6 Å². The molecule has 0 aliphatic heterocycles. The lowest BCUT2D eigenvalue weighted by Crippen LogP contribution is -2.47. The van der Waals surface area contributed by atoms with Crippen molar-refractivity contribution in [3.8, 4) is 11.1 Å². The normalized spacial score (nSPS) is 12.3. The third kappa shape index (κ3) is 5.98. The van der Waals surface area contributed by atoms with E-state index in [2.05, 4.69) is 10.3 Å². The fourth-order valence-electron chi connectivity index (χ4n) is 4.19. The fourth-order valence-corrected chi connectivity index (χ4v) is 4.19. The van der Waals surface area contributed by atoms with Crippen LogP contribution in [0.2, 0.25) is 0 Å². The third-order valence-corrected chi connectivity index (χ3v) is 6.20. The second kappa shape index (κ2) is 11.9. The molecule has 1 aromatic heterocycles. The number of rotatable bonds is 9. The molecule has 4 aromatic rings. The summed E-state index contributed by atoms with van der Waals surface area (Å²) >= 11 is 0. The molecule has 0 saturated heterocycles. The van der Waals surface area contributed by atoms with Crippen molar-refractivity contribution in [2.24, 2.45) is 0 Å². The number of ketones is 1. The van der Waals surface area contributed by atoms with Gasteiger partial charge in [-0.15, -0.1) is 0 Å². The number of benzene rings is 3. The molecule has 1 unspecified atom stereocenters. The van der Waals surface area contributed by atoms with E-state index in [1.807, 2.05) is 79.7 Å². The van der Waals surface area contributed by atoms with Crippen molar-refractivity contribution in [1.82, 2.24) is 10.3 Å². The van der Waals surface area contributed by atoms with Crippen molar-refractivity contribution >= 4 is 23.3 Å². The number of Topliss-reactive ketones (excluding diaryl/α,β-unsaturated/α-hetero) is 1. The molecule has 1 N–H and O–H groups in total. The van der Waals surface area contributed by atoms with Crippen LogP contribution < -0.4 is 10.2 Å². The van der Waals surface area contributed by atoms with Gasteiger partial charge in [0.05, 0.1) is 6.04 Å². The van der Waals surface area contributed by atoms with Crippen molar-refractivity contribution in [3.05, 3.63) is 121 Å². The summed E-state index contributed by atoms with van der Waals surface area (Å²) in [5.41, 5.74) is 3.86. The molecule has 0 spiro atoms. The zero-order valence-electron chi connectivity index (χ0n) is 20.9.